The van der Waals surface area contributed by atoms with E-state index in [1.54, 1.807) is 6.21 Å². The molecule has 1 amide bonds. The van der Waals surface area contributed by atoms with Crippen LogP contribution < -0.4 is 11.1 Å². The highest BCUT2D eigenvalue weighted by Crippen LogP contribution is 2.27. The minimum absolute atomic E-state index is 0.226. The molecule has 0 saturated carbocycles. The van der Waals surface area contributed by atoms with Crippen molar-refractivity contribution in [3.63, 3.8) is 0 Å². The number of amides is 1. The second-order valence-corrected chi connectivity index (χ2v) is 7.43. The number of aromatic nitrogens is 3. The normalized spacial score (nSPS) is 11.5. The molecule has 31 heavy (non-hydrogen) atoms. The zero-order valence-corrected chi connectivity index (χ0v) is 17.6. The molecule has 3 N–H and O–H groups in total. The molecule has 2 aromatic heterocycles. The standard InChI is InChI=1S/C24H26N6O/c1-2-3-4-10-15-26-24(31)20-21-23(29-19-14-9-8-13-18(19)28-21)30(22(20)25)27-16-17-11-6-5-7-12-17/h5-9,11-14,16H,2-4,10,15,25H2,1H3,(H,26,31). The van der Waals surface area contributed by atoms with Crippen LogP contribution in [0.5, 0.6) is 0 Å². The summed E-state index contributed by atoms with van der Waals surface area (Å²) in [7, 11) is 0. The maximum Gasteiger partial charge on any atom is 0.257 e. The number of anilines is 1. The summed E-state index contributed by atoms with van der Waals surface area (Å²) in [6.45, 7) is 2.76. The number of nitrogens with two attached hydrogens (primary N) is 1. The molecule has 7 nitrogen and oxygen atoms in total. The number of unbranched alkanes of at least 4 members (excludes halogenated alkanes) is 3. The summed E-state index contributed by atoms with van der Waals surface area (Å²) in [6, 6.07) is 17.2. The van der Waals surface area contributed by atoms with Gasteiger partial charge in [-0.15, -0.1) is 0 Å². The van der Waals surface area contributed by atoms with Crippen LogP contribution in [0, 0.1) is 0 Å². The van der Waals surface area contributed by atoms with Gasteiger partial charge in [0.15, 0.2) is 5.65 Å². The topological polar surface area (TPSA) is 98.2 Å². The number of hydrogen-bond donors (Lipinski definition) is 2. The lowest BCUT2D eigenvalue weighted by Gasteiger charge is -2.05. The Labute approximate surface area is 181 Å². The van der Waals surface area contributed by atoms with E-state index in [1.807, 2.05) is 54.6 Å². The van der Waals surface area contributed by atoms with Crippen LogP contribution in [-0.4, -0.2) is 33.3 Å². The van der Waals surface area contributed by atoms with Gasteiger partial charge in [-0.3, -0.25) is 4.79 Å². The van der Waals surface area contributed by atoms with Gasteiger partial charge in [-0.05, 0) is 24.1 Å². The molecule has 4 aromatic rings. The second-order valence-electron chi connectivity index (χ2n) is 7.43. The van der Waals surface area contributed by atoms with Gasteiger partial charge in [0.05, 0.1) is 17.2 Å². The average Bonchev–Trinajstić information content (AvgIpc) is 3.06. The summed E-state index contributed by atoms with van der Waals surface area (Å²) in [5, 5.41) is 7.49. The van der Waals surface area contributed by atoms with E-state index >= 15 is 0 Å². The second kappa shape index (κ2) is 9.38. The summed E-state index contributed by atoms with van der Waals surface area (Å²) in [5.41, 5.74) is 9.97. The fourth-order valence-electron chi connectivity index (χ4n) is 3.49. The van der Waals surface area contributed by atoms with Gasteiger partial charge in [-0.2, -0.15) is 9.78 Å². The quantitative estimate of drug-likeness (QED) is 0.331. The highest BCUT2D eigenvalue weighted by molar-refractivity contribution is 6.10. The Bertz CT molecular complexity index is 1230. The first-order valence-corrected chi connectivity index (χ1v) is 10.6. The van der Waals surface area contributed by atoms with E-state index in [0.29, 0.717) is 28.8 Å². The predicted octanol–water partition coefficient (Wildman–Crippen LogP) is 4.36. The number of nitrogens with zero attached hydrogens (tertiary/aromatic N) is 4. The van der Waals surface area contributed by atoms with Gasteiger partial charge < -0.3 is 11.1 Å². The van der Waals surface area contributed by atoms with Gasteiger partial charge in [0.1, 0.15) is 16.9 Å². The summed E-state index contributed by atoms with van der Waals surface area (Å²) in [4.78, 5) is 22.4. The number of benzene rings is 2. The molecule has 158 valence electrons. The Morgan fingerprint density at radius 3 is 2.48 bits per heavy atom. The first-order valence-electron chi connectivity index (χ1n) is 10.6. The van der Waals surface area contributed by atoms with Gasteiger partial charge in [-0.25, -0.2) is 9.97 Å². The Balaban J connectivity index is 1.75. The Morgan fingerprint density at radius 1 is 1.03 bits per heavy atom. The first-order chi connectivity index (χ1) is 15.2. The van der Waals surface area contributed by atoms with E-state index in [2.05, 4.69) is 17.3 Å². The number of fused-ring (bicyclic) bond motifs is 2. The van der Waals surface area contributed by atoms with Crippen LogP contribution in [0.3, 0.4) is 0 Å². The molecule has 0 unspecified atom stereocenters. The molecule has 0 fully saturated rings. The van der Waals surface area contributed by atoms with Crippen LogP contribution in [0.1, 0.15) is 48.5 Å². The number of carbonyl (C=O) groups excluding carboxylic acids is 1. The fraction of sp³-hybridized carbons (Fsp3) is 0.250. The van der Waals surface area contributed by atoms with Crippen molar-refractivity contribution in [1.82, 2.24) is 20.0 Å². The third kappa shape index (κ3) is 4.40. The monoisotopic (exact) mass is 414 g/mol. The molecule has 4 rings (SSSR count). The lowest BCUT2D eigenvalue weighted by atomic mass is 10.2. The van der Waals surface area contributed by atoms with Crippen LogP contribution in [0.4, 0.5) is 5.82 Å². The molecule has 2 heterocycles. The number of rotatable bonds is 8. The minimum Gasteiger partial charge on any atom is -0.383 e. The highest BCUT2D eigenvalue weighted by Gasteiger charge is 2.23. The maximum atomic E-state index is 13.0. The highest BCUT2D eigenvalue weighted by atomic mass is 16.1. The van der Waals surface area contributed by atoms with Gasteiger partial charge in [0.25, 0.3) is 5.91 Å². The third-order valence-electron chi connectivity index (χ3n) is 5.14. The zero-order valence-electron chi connectivity index (χ0n) is 17.6. The SMILES string of the molecule is CCCCCCNC(=O)c1c(N)n(N=Cc2ccccc2)c2nc3ccccc3nc12. The van der Waals surface area contributed by atoms with Crippen LogP contribution in [0.25, 0.3) is 22.2 Å². The van der Waals surface area contributed by atoms with Crippen LogP contribution in [-0.2, 0) is 0 Å². The van der Waals surface area contributed by atoms with Gasteiger partial charge in [-0.1, -0.05) is 68.7 Å². The summed E-state index contributed by atoms with van der Waals surface area (Å²) in [5.74, 6) is -0.0270. The van der Waals surface area contributed by atoms with Crippen LogP contribution in [0.15, 0.2) is 59.7 Å². The van der Waals surface area contributed by atoms with Crippen LogP contribution >= 0.6 is 0 Å². The van der Waals surface area contributed by atoms with E-state index in [0.717, 1.165) is 36.8 Å². The van der Waals surface area contributed by atoms with Gasteiger partial charge in [0.2, 0.25) is 0 Å². The van der Waals surface area contributed by atoms with Crippen molar-refractivity contribution in [1.29, 1.82) is 0 Å². The minimum atomic E-state index is -0.253. The summed E-state index contributed by atoms with van der Waals surface area (Å²) in [6.07, 6.45) is 6.01. The Hall–Kier alpha value is -3.74. The maximum absolute atomic E-state index is 13.0. The molecule has 0 bridgehead atoms. The van der Waals surface area contributed by atoms with Crippen molar-refractivity contribution >= 4 is 40.1 Å². The van der Waals surface area contributed by atoms with E-state index in [4.69, 9.17) is 15.7 Å². The van der Waals surface area contributed by atoms with Crippen LogP contribution in [0.2, 0.25) is 0 Å². The largest absolute Gasteiger partial charge is 0.383 e. The van der Waals surface area contributed by atoms with Gasteiger partial charge >= 0.3 is 0 Å². The number of carbonyl (C=O) groups is 1. The molecule has 0 saturated heterocycles. The third-order valence-corrected chi connectivity index (χ3v) is 5.14. The van der Waals surface area contributed by atoms with Crippen molar-refractivity contribution in [3.8, 4) is 0 Å². The fourth-order valence-corrected chi connectivity index (χ4v) is 3.49. The number of nitrogen functional groups attached to an aromatic ring is 1. The zero-order chi connectivity index (χ0) is 21.6. The van der Waals surface area contributed by atoms with E-state index in [9.17, 15) is 4.79 Å². The predicted molar refractivity (Wildman–Crippen MR) is 125 cm³/mol. The molecule has 2 aromatic carbocycles. The molecule has 0 atom stereocenters. The van der Waals surface area contributed by atoms with E-state index < -0.39 is 0 Å². The Kier molecular flexibility index (Phi) is 6.21. The average molecular weight is 415 g/mol. The smallest absolute Gasteiger partial charge is 0.257 e. The lowest BCUT2D eigenvalue weighted by molar-refractivity contribution is 0.0955. The van der Waals surface area contributed by atoms with Crippen molar-refractivity contribution in [2.45, 2.75) is 32.6 Å². The summed E-state index contributed by atoms with van der Waals surface area (Å²) < 4.78 is 1.49. The molecular formula is C24H26N6O. The van der Waals surface area contributed by atoms with Crippen molar-refractivity contribution < 1.29 is 4.79 Å². The molecular weight excluding hydrogens is 388 g/mol. The molecule has 0 radical (unpaired) electrons. The summed E-state index contributed by atoms with van der Waals surface area (Å²) >= 11 is 0. The van der Waals surface area contributed by atoms with Crippen molar-refractivity contribution in [3.05, 3.63) is 65.7 Å². The van der Waals surface area contributed by atoms with E-state index in [1.165, 1.54) is 4.68 Å². The molecule has 0 aliphatic carbocycles. The number of para-hydroxylation sites is 2. The van der Waals surface area contributed by atoms with Crippen molar-refractivity contribution in [2.75, 3.05) is 12.3 Å². The van der Waals surface area contributed by atoms with Crippen molar-refractivity contribution in [2.24, 2.45) is 5.10 Å². The molecule has 0 spiro atoms. The first kappa shape index (κ1) is 20.5. The lowest BCUT2D eigenvalue weighted by Crippen LogP contribution is -2.25. The molecule has 7 heteroatoms. The number of nitrogens with one attached hydrogen (secondary N) is 1. The Morgan fingerprint density at radius 2 is 1.74 bits per heavy atom. The molecule has 0 aliphatic rings. The molecule has 0 aliphatic heterocycles. The number of hydrogen-bond acceptors (Lipinski definition) is 5. The van der Waals surface area contributed by atoms with E-state index in [-0.39, 0.29) is 11.7 Å². The van der Waals surface area contributed by atoms with Gasteiger partial charge in [0, 0.05) is 6.54 Å².